The number of fused-ring (bicyclic) bond motifs is 1. The molecule has 186 valence electrons. The molecule has 1 N–H and O–H groups in total. The number of benzene rings is 2. The number of carbonyl (C=O) groups excluding carboxylic acids is 1. The first-order valence-corrected chi connectivity index (χ1v) is 12.2. The molecule has 2 aromatic carbocycles. The molecular formula is C28H35N3O4. The fourth-order valence-corrected chi connectivity index (χ4v) is 4.64. The molecule has 0 aliphatic carbocycles. The van der Waals surface area contributed by atoms with Crippen LogP contribution < -0.4 is 15.6 Å². The lowest BCUT2D eigenvalue weighted by Gasteiger charge is -2.37. The van der Waals surface area contributed by atoms with Gasteiger partial charge in [-0.2, -0.15) is 0 Å². The number of pyridine rings is 1. The van der Waals surface area contributed by atoms with Crippen LogP contribution in [0, 0.1) is 0 Å². The Labute approximate surface area is 206 Å². The molecule has 1 aliphatic rings. The van der Waals surface area contributed by atoms with Gasteiger partial charge in [-0.3, -0.25) is 4.79 Å². The first kappa shape index (κ1) is 24.6. The van der Waals surface area contributed by atoms with E-state index in [-0.39, 0.29) is 17.7 Å². The zero-order chi connectivity index (χ0) is 25.2. The van der Waals surface area contributed by atoms with Gasteiger partial charge in [0, 0.05) is 42.8 Å². The second kappa shape index (κ2) is 10.0. The van der Waals surface area contributed by atoms with Crippen LogP contribution in [0.15, 0.2) is 53.3 Å². The molecule has 0 radical (unpaired) electrons. The number of ether oxygens (including phenoxy) is 2. The van der Waals surface area contributed by atoms with E-state index in [1.54, 1.807) is 24.8 Å². The fraction of sp³-hybridized carbons (Fsp3) is 0.429. The third kappa shape index (κ3) is 5.61. The highest BCUT2D eigenvalue weighted by molar-refractivity contribution is 5.82. The number of aromatic nitrogens is 1. The predicted octanol–water partition coefficient (Wildman–Crippen LogP) is 5.62. The van der Waals surface area contributed by atoms with Gasteiger partial charge in [0.25, 0.3) is 5.56 Å². The van der Waals surface area contributed by atoms with E-state index in [1.165, 1.54) is 0 Å². The maximum Gasteiger partial charge on any atom is 0.410 e. The van der Waals surface area contributed by atoms with Crippen molar-refractivity contribution < 1.29 is 14.3 Å². The molecule has 1 amide bonds. The molecule has 4 rings (SSSR count). The highest BCUT2D eigenvalue weighted by Gasteiger charge is 2.31. The van der Waals surface area contributed by atoms with Gasteiger partial charge in [0.2, 0.25) is 0 Å². The van der Waals surface area contributed by atoms with Gasteiger partial charge in [-0.1, -0.05) is 12.1 Å². The third-order valence-corrected chi connectivity index (χ3v) is 6.41. The van der Waals surface area contributed by atoms with Gasteiger partial charge in [-0.15, -0.1) is 0 Å². The number of anilines is 1. The minimum Gasteiger partial charge on any atom is -0.496 e. The minimum absolute atomic E-state index is 0.00919. The standard InChI is InChI=1S/C28H35N3O4/c1-28(2,3)35-27(33)31-14-7-6-11-23(31)19-9-8-10-22(15-19)29-18-21-16-24-20(17-25(21)34-5)12-13-26(32)30(24)4/h8-10,12-13,15-17,23,29H,6-7,11,14,18H2,1-5H3/t23-/m0/s1. The largest absolute Gasteiger partial charge is 0.496 e. The summed E-state index contributed by atoms with van der Waals surface area (Å²) in [6.07, 6.45) is 2.72. The summed E-state index contributed by atoms with van der Waals surface area (Å²) in [6, 6.07) is 15.6. The van der Waals surface area contributed by atoms with Crippen molar-refractivity contribution in [1.29, 1.82) is 0 Å². The lowest BCUT2D eigenvalue weighted by atomic mass is 9.95. The van der Waals surface area contributed by atoms with Crippen LogP contribution >= 0.6 is 0 Å². The number of likely N-dealkylation sites (tertiary alicyclic amines) is 1. The number of rotatable bonds is 5. The van der Waals surface area contributed by atoms with Crippen LogP contribution in [0.3, 0.4) is 0 Å². The second-order valence-corrected chi connectivity index (χ2v) is 10.1. The van der Waals surface area contributed by atoms with Gasteiger partial charge in [-0.25, -0.2) is 4.79 Å². The van der Waals surface area contributed by atoms with Gasteiger partial charge in [-0.05, 0) is 75.9 Å². The molecule has 1 aliphatic heterocycles. The Morgan fingerprint density at radius 1 is 1.11 bits per heavy atom. The maximum atomic E-state index is 12.9. The van der Waals surface area contributed by atoms with Crippen molar-refractivity contribution in [3.8, 4) is 5.75 Å². The van der Waals surface area contributed by atoms with E-state index in [1.807, 2.05) is 56.0 Å². The number of piperidine rings is 1. The average molecular weight is 478 g/mol. The Balaban J connectivity index is 1.56. The van der Waals surface area contributed by atoms with Crippen LogP contribution in [-0.4, -0.2) is 34.8 Å². The molecule has 0 saturated carbocycles. The third-order valence-electron chi connectivity index (χ3n) is 6.41. The summed E-state index contributed by atoms with van der Waals surface area (Å²) >= 11 is 0. The molecule has 35 heavy (non-hydrogen) atoms. The number of nitrogens with zero attached hydrogens (tertiary/aromatic N) is 2. The number of carbonyl (C=O) groups is 1. The normalized spacial score (nSPS) is 16.3. The summed E-state index contributed by atoms with van der Waals surface area (Å²) < 4.78 is 12.9. The SMILES string of the molecule is COc1cc2ccc(=O)n(C)c2cc1CNc1cccc([C@@H]2CCCCN2C(=O)OC(C)(C)C)c1. The topological polar surface area (TPSA) is 72.8 Å². The second-order valence-electron chi connectivity index (χ2n) is 10.1. The molecule has 0 bridgehead atoms. The summed E-state index contributed by atoms with van der Waals surface area (Å²) in [4.78, 5) is 26.8. The number of hydrogen-bond donors (Lipinski definition) is 1. The van der Waals surface area contributed by atoms with E-state index in [0.29, 0.717) is 13.1 Å². The van der Waals surface area contributed by atoms with E-state index in [0.717, 1.165) is 52.7 Å². The predicted molar refractivity (Wildman–Crippen MR) is 139 cm³/mol. The maximum absolute atomic E-state index is 12.9. The quantitative estimate of drug-likeness (QED) is 0.516. The van der Waals surface area contributed by atoms with E-state index >= 15 is 0 Å². The summed E-state index contributed by atoms with van der Waals surface area (Å²) in [5, 5.41) is 4.45. The molecule has 7 heteroatoms. The van der Waals surface area contributed by atoms with Crippen LogP contribution in [0.2, 0.25) is 0 Å². The first-order chi connectivity index (χ1) is 16.7. The number of hydrogen-bond acceptors (Lipinski definition) is 5. The van der Waals surface area contributed by atoms with E-state index in [9.17, 15) is 9.59 Å². The Morgan fingerprint density at radius 2 is 1.91 bits per heavy atom. The fourth-order valence-electron chi connectivity index (χ4n) is 4.64. The van der Waals surface area contributed by atoms with Crippen LogP contribution in [0.5, 0.6) is 5.75 Å². The molecule has 1 atom stereocenters. The van der Waals surface area contributed by atoms with Gasteiger partial charge in [0.05, 0.1) is 18.7 Å². The smallest absolute Gasteiger partial charge is 0.410 e. The Kier molecular flexibility index (Phi) is 7.05. The minimum atomic E-state index is -0.523. The average Bonchev–Trinajstić information content (AvgIpc) is 2.84. The zero-order valence-electron chi connectivity index (χ0n) is 21.3. The zero-order valence-corrected chi connectivity index (χ0v) is 21.3. The molecule has 1 fully saturated rings. The summed E-state index contributed by atoms with van der Waals surface area (Å²) in [6.45, 7) is 6.92. The molecule has 2 heterocycles. The van der Waals surface area contributed by atoms with E-state index in [4.69, 9.17) is 9.47 Å². The molecule has 0 spiro atoms. The highest BCUT2D eigenvalue weighted by Crippen LogP contribution is 2.33. The summed E-state index contributed by atoms with van der Waals surface area (Å²) in [5.74, 6) is 0.767. The number of methoxy groups -OCH3 is 1. The van der Waals surface area contributed by atoms with Crippen molar-refractivity contribution in [1.82, 2.24) is 9.47 Å². The molecule has 1 saturated heterocycles. The van der Waals surface area contributed by atoms with Crippen LogP contribution in [0.4, 0.5) is 10.5 Å². The Hall–Kier alpha value is -3.48. The Morgan fingerprint density at radius 3 is 2.66 bits per heavy atom. The van der Waals surface area contributed by atoms with Crippen molar-refractivity contribution in [3.63, 3.8) is 0 Å². The molecule has 7 nitrogen and oxygen atoms in total. The molecular weight excluding hydrogens is 442 g/mol. The first-order valence-electron chi connectivity index (χ1n) is 12.2. The van der Waals surface area contributed by atoms with Crippen molar-refractivity contribution in [2.24, 2.45) is 7.05 Å². The van der Waals surface area contributed by atoms with Gasteiger partial charge < -0.3 is 24.3 Å². The van der Waals surface area contributed by atoms with Crippen molar-refractivity contribution in [2.75, 3.05) is 19.0 Å². The van der Waals surface area contributed by atoms with Crippen LogP contribution in [0.25, 0.3) is 10.9 Å². The van der Waals surface area contributed by atoms with Gasteiger partial charge in [0.15, 0.2) is 0 Å². The van der Waals surface area contributed by atoms with Crippen molar-refractivity contribution >= 4 is 22.7 Å². The highest BCUT2D eigenvalue weighted by atomic mass is 16.6. The Bertz CT molecular complexity index is 1280. The number of nitrogens with one attached hydrogen (secondary N) is 1. The monoisotopic (exact) mass is 477 g/mol. The van der Waals surface area contributed by atoms with Crippen LogP contribution in [0.1, 0.15) is 57.2 Å². The molecule has 0 unspecified atom stereocenters. The molecule has 1 aromatic heterocycles. The van der Waals surface area contributed by atoms with Crippen LogP contribution in [-0.2, 0) is 18.3 Å². The summed E-state index contributed by atoms with van der Waals surface area (Å²) in [5.41, 5.74) is 3.30. The summed E-state index contributed by atoms with van der Waals surface area (Å²) in [7, 11) is 3.43. The lowest BCUT2D eigenvalue weighted by molar-refractivity contribution is 0.00951. The molecule has 3 aromatic rings. The van der Waals surface area contributed by atoms with Crippen molar-refractivity contribution in [3.05, 3.63) is 70.0 Å². The number of aryl methyl sites for hydroxylation is 1. The van der Waals surface area contributed by atoms with E-state index < -0.39 is 5.60 Å². The van der Waals surface area contributed by atoms with Crippen molar-refractivity contribution in [2.45, 2.75) is 58.2 Å². The lowest BCUT2D eigenvalue weighted by Crippen LogP contribution is -2.41. The van der Waals surface area contributed by atoms with Gasteiger partial charge >= 0.3 is 6.09 Å². The number of amides is 1. The van der Waals surface area contributed by atoms with Gasteiger partial charge in [0.1, 0.15) is 11.4 Å². The van der Waals surface area contributed by atoms with E-state index in [2.05, 4.69) is 17.4 Å².